The molecule has 0 fully saturated rings. The molecule has 11 nitrogen and oxygen atoms in total. The van der Waals surface area contributed by atoms with E-state index < -0.39 is 44.1 Å². The second kappa shape index (κ2) is 23.1. The summed E-state index contributed by atoms with van der Waals surface area (Å²) in [4.78, 5) is 23.8. The van der Waals surface area contributed by atoms with Gasteiger partial charge in [-0.3, -0.25) is 23.2 Å². The first-order chi connectivity index (χ1) is 15.3. The molecule has 0 aromatic carbocycles. The van der Waals surface area contributed by atoms with Gasteiger partial charge in [-0.1, -0.05) is 78.1 Å². The van der Waals surface area contributed by atoms with Crippen LogP contribution in [0.15, 0.2) is 0 Å². The maximum Gasteiger partial charge on any atom is 1.00 e. The molecule has 0 rings (SSSR count). The second-order valence-electron chi connectivity index (χ2n) is 7.58. The summed E-state index contributed by atoms with van der Waals surface area (Å²) < 4.78 is 73.6. The first-order valence-electron chi connectivity index (χ1n) is 11.3. The summed E-state index contributed by atoms with van der Waals surface area (Å²) in [5.74, 6) is -1.93. The van der Waals surface area contributed by atoms with Crippen LogP contribution in [-0.4, -0.2) is 60.9 Å². The molecule has 0 bridgehead atoms. The Morgan fingerprint density at radius 3 is 1.44 bits per heavy atom. The minimum absolute atomic E-state index is 0. The zero-order valence-corrected chi connectivity index (χ0v) is 24.2. The molecule has 0 spiro atoms. The zero-order valence-electron chi connectivity index (χ0n) is 21.6. The summed E-state index contributed by atoms with van der Waals surface area (Å²) >= 11 is 0. The third-order valence-corrected chi connectivity index (χ3v) is 5.56. The largest absolute Gasteiger partial charge is 1.00 e. The Balaban J connectivity index is -0.000000619. The molecule has 0 aromatic rings. The predicted molar refractivity (Wildman–Crippen MR) is 124 cm³/mol. The molecule has 0 heterocycles. The molecule has 1 unspecified atom stereocenters. The van der Waals surface area contributed by atoms with Gasteiger partial charge in [0.15, 0.2) is 5.25 Å². The molecule has 34 heavy (non-hydrogen) atoms. The first-order valence-corrected chi connectivity index (χ1v) is 14.2. The van der Waals surface area contributed by atoms with Crippen molar-refractivity contribution in [1.82, 2.24) is 0 Å². The van der Waals surface area contributed by atoms with E-state index in [0.717, 1.165) is 57.8 Å². The van der Waals surface area contributed by atoms with Gasteiger partial charge in [0, 0.05) is 0 Å². The molecule has 0 aliphatic carbocycles. The average Bonchev–Trinajstić information content (AvgIpc) is 2.68. The molecule has 14 heteroatoms. The molecule has 0 aromatic heterocycles. The van der Waals surface area contributed by atoms with E-state index in [-0.39, 0.29) is 44.2 Å². The van der Waals surface area contributed by atoms with Crippen molar-refractivity contribution in [1.29, 1.82) is 0 Å². The number of rotatable bonds is 18. The fourth-order valence-electron chi connectivity index (χ4n) is 2.74. The van der Waals surface area contributed by atoms with E-state index in [1.165, 1.54) is 6.42 Å². The summed E-state index contributed by atoms with van der Waals surface area (Å²) in [7, 11) is -9.40. The van der Waals surface area contributed by atoms with Crippen LogP contribution in [0.3, 0.4) is 0 Å². The summed E-state index contributed by atoms with van der Waals surface area (Å²) in [6.45, 7) is 4.50. The van der Waals surface area contributed by atoms with Gasteiger partial charge in [0.25, 0.3) is 10.1 Å². The van der Waals surface area contributed by atoms with Crippen LogP contribution in [0.25, 0.3) is 0 Å². The van der Waals surface area contributed by atoms with Crippen LogP contribution in [0.2, 0.25) is 0 Å². The van der Waals surface area contributed by atoms with Gasteiger partial charge in [0.05, 0.1) is 19.6 Å². The average molecular weight is 545 g/mol. The summed E-state index contributed by atoms with van der Waals surface area (Å²) in [6, 6.07) is 0. The normalized spacial score (nSPS) is 12.0. The number of hydrogen-bond acceptors (Lipinski definition) is 8. The number of hydrogen-bond donors (Lipinski definition) is 3. The van der Waals surface area contributed by atoms with Crippen LogP contribution in [0.4, 0.5) is 0 Å². The Morgan fingerprint density at radius 2 is 1.06 bits per heavy atom. The van der Waals surface area contributed by atoms with E-state index in [4.69, 9.17) is 27.0 Å². The van der Waals surface area contributed by atoms with Crippen LogP contribution in [0.1, 0.15) is 98.7 Å². The van der Waals surface area contributed by atoms with E-state index in [0.29, 0.717) is 12.8 Å². The monoisotopic (exact) mass is 544 g/mol. The van der Waals surface area contributed by atoms with Crippen LogP contribution < -0.4 is 29.6 Å². The number of esters is 2. The van der Waals surface area contributed by atoms with Crippen molar-refractivity contribution in [2.75, 3.05) is 13.2 Å². The topological polar surface area (TPSA) is 182 Å². The number of unbranched alkanes of at least 4 members (excludes halogenated alkanes) is 10. The van der Waals surface area contributed by atoms with Gasteiger partial charge in [-0.25, -0.2) is 0 Å². The van der Waals surface area contributed by atoms with Crippen molar-refractivity contribution in [3.8, 4) is 0 Å². The molecule has 0 saturated heterocycles. The van der Waals surface area contributed by atoms with Gasteiger partial charge in [-0.2, -0.15) is 16.8 Å². The molecule has 0 saturated carbocycles. The smallest absolute Gasteiger partial charge is 1.00 e. The van der Waals surface area contributed by atoms with Gasteiger partial charge >= 0.3 is 51.9 Å². The van der Waals surface area contributed by atoms with Crippen molar-refractivity contribution in [3.05, 3.63) is 0 Å². The molecular weight excluding hydrogens is 503 g/mol. The minimum atomic E-state index is -4.73. The third-order valence-electron chi connectivity index (χ3n) is 4.48. The third kappa shape index (κ3) is 29.8. The minimum Gasteiger partial charge on any atom is -1.00 e. The fraction of sp³-hybridized carbons (Fsp3) is 0.900. The van der Waals surface area contributed by atoms with Gasteiger partial charge < -0.3 is 10.9 Å². The van der Waals surface area contributed by atoms with E-state index in [9.17, 15) is 22.6 Å². The predicted octanol–water partition coefficient (Wildman–Crippen LogP) is 0.904. The van der Waals surface area contributed by atoms with Crippen molar-refractivity contribution >= 4 is 32.5 Å². The van der Waals surface area contributed by atoms with E-state index in [1.54, 1.807) is 0 Å². The molecule has 0 radical (unpaired) electrons. The van der Waals surface area contributed by atoms with Crippen molar-refractivity contribution < 1.29 is 80.5 Å². The standard InChI is InChI=1S/C20H38O7S.Na.H2O4S.H/c1-3-5-7-9-11-13-15-26-19(21)17-18(28(23,24)25)20(22)27-16-14-12-10-8-6-4-2;;1-5(2,3)4;/h18H,3-17H2,1-2H3,(H,23,24,25);;(H2,1,2,3,4);/q;+1;;-1. The Labute approximate surface area is 227 Å². The Kier molecular flexibility index (Phi) is 26.0. The Bertz CT molecular complexity index is 723. The van der Waals surface area contributed by atoms with Crippen LogP contribution >= 0.6 is 0 Å². The number of carbonyl (C=O) groups excluding carboxylic acids is 2. The first kappa shape index (κ1) is 38.3. The van der Waals surface area contributed by atoms with Gasteiger partial charge in [-0.15, -0.1) is 0 Å². The van der Waals surface area contributed by atoms with Crippen LogP contribution in [-0.2, 0) is 39.6 Å². The zero-order chi connectivity index (χ0) is 25.8. The van der Waals surface area contributed by atoms with E-state index >= 15 is 0 Å². The van der Waals surface area contributed by atoms with Gasteiger partial charge in [0.2, 0.25) is 0 Å². The molecule has 0 aliphatic rings. The quantitative estimate of drug-likeness (QED) is 0.0965. The molecule has 200 valence electrons. The van der Waals surface area contributed by atoms with E-state index in [2.05, 4.69) is 13.8 Å². The molecule has 1 atom stereocenters. The van der Waals surface area contributed by atoms with Gasteiger partial charge in [0.1, 0.15) is 0 Å². The number of carbonyl (C=O) groups is 2. The maximum atomic E-state index is 12.0. The number of ether oxygens (including phenoxy) is 2. The fourth-order valence-corrected chi connectivity index (χ4v) is 3.39. The Morgan fingerprint density at radius 1 is 0.706 bits per heavy atom. The Hall–Kier alpha value is -0.280. The van der Waals surface area contributed by atoms with Gasteiger partial charge in [-0.05, 0) is 12.8 Å². The summed E-state index contributed by atoms with van der Waals surface area (Å²) in [5.41, 5.74) is 0. The summed E-state index contributed by atoms with van der Waals surface area (Å²) in [5, 5.41) is -1.93. The molecule has 0 aliphatic heterocycles. The summed E-state index contributed by atoms with van der Waals surface area (Å²) in [6.07, 6.45) is 11.3. The molecule has 3 N–H and O–H groups in total. The van der Waals surface area contributed by atoms with Crippen molar-refractivity contribution in [2.24, 2.45) is 0 Å². The SMILES string of the molecule is CCCCCCCCOC(=O)CC(C(=O)OCCCCCCCC)S(=O)(=O)O.O=S(=O)(O)O.[H-].[Na+]. The maximum absolute atomic E-state index is 12.0. The second-order valence-corrected chi connectivity index (χ2v) is 10.1. The molecule has 0 amide bonds. The van der Waals surface area contributed by atoms with Crippen molar-refractivity contribution in [3.63, 3.8) is 0 Å². The van der Waals surface area contributed by atoms with Crippen LogP contribution in [0.5, 0.6) is 0 Å². The van der Waals surface area contributed by atoms with Crippen molar-refractivity contribution in [2.45, 2.75) is 103 Å². The van der Waals surface area contributed by atoms with E-state index in [1.807, 2.05) is 0 Å². The molecular formula is C20H41NaO11S2. The van der Waals surface area contributed by atoms with Crippen LogP contribution in [0, 0.1) is 0 Å².